The van der Waals surface area contributed by atoms with Gasteiger partial charge in [0.2, 0.25) is 0 Å². The van der Waals surface area contributed by atoms with Crippen LogP contribution < -0.4 is 4.74 Å². The summed E-state index contributed by atoms with van der Waals surface area (Å²) in [5, 5.41) is 0. The highest BCUT2D eigenvalue weighted by molar-refractivity contribution is 5.91. The zero-order valence-corrected chi connectivity index (χ0v) is 16.6. The first-order valence-corrected chi connectivity index (χ1v) is 9.65. The molecule has 4 aromatic carbocycles. The van der Waals surface area contributed by atoms with Crippen molar-refractivity contribution >= 4 is 5.97 Å². The highest BCUT2D eigenvalue weighted by atomic mass is 16.5. The van der Waals surface area contributed by atoms with E-state index in [1.165, 1.54) is 16.7 Å². The molecule has 29 heavy (non-hydrogen) atoms. The molecule has 0 radical (unpaired) electrons. The number of esters is 1. The third-order valence-corrected chi connectivity index (χ3v) is 4.96. The van der Waals surface area contributed by atoms with E-state index in [4.69, 9.17) is 4.74 Å². The number of ether oxygens (including phenoxy) is 1. The quantitative estimate of drug-likeness (QED) is 0.286. The molecular weight excluding hydrogens is 356 g/mol. The maximum absolute atomic E-state index is 12.4. The van der Waals surface area contributed by atoms with Crippen LogP contribution in [-0.2, 0) is 0 Å². The van der Waals surface area contributed by atoms with Crippen molar-refractivity contribution in [2.45, 2.75) is 13.8 Å². The van der Waals surface area contributed by atoms with Crippen LogP contribution >= 0.6 is 0 Å². The van der Waals surface area contributed by atoms with Gasteiger partial charge in [0, 0.05) is 0 Å². The Hall–Kier alpha value is -3.65. The maximum atomic E-state index is 12.4. The molecule has 0 heterocycles. The fourth-order valence-electron chi connectivity index (χ4n) is 3.17. The van der Waals surface area contributed by atoms with Crippen LogP contribution in [0.25, 0.3) is 22.3 Å². The topological polar surface area (TPSA) is 26.3 Å². The highest BCUT2D eigenvalue weighted by Gasteiger charge is 2.09. The van der Waals surface area contributed by atoms with E-state index < -0.39 is 0 Å². The van der Waals surface area contributed by atoms with Gasteiger partial charge in [-0.05, 0) is 60.4 Å². The molecule has 2 nitrogen and oxygen atoms in total. The van der Waals surface area contributed by atoms with Gasteiger partial charge in [-0.2, -0.15) is 0 Å². The minimum atomic E-state index is -0.352. The van der Waals surface area contributed by atoms with E-state index in [1.807, 2.05) is 31.2 Å². The SMILES string of the molecule is Cc1ccc(OC(=O)c2ccc(-c3ccc(-c4ccc(C)cc4)cc3)cc2)cc1. The first-order chi connectivity index (χ1) is 14.1. The molecule has 0 saturated carbocycles. The molecule has 0 atom stereocenters. The highest BCUT2D eigenvalue weighted by Crippen LogP contribution is 2.25. The number of benzene rings is 4. The molecule has 4 aromatic rings. The lowest BCUT2D eigenvalue weighted by molar-refractivity contribution is 0.0735. The fraction of sp³-hybridized carbons (Fsp3) is 0.0741. The first-order valence-electron chi connectivity index (χ1n) is 9.65. The molecule has 0 aromatic heterocycles. The average molecular weight is 378 g/mol. The molecule has 4 rings (SSSR count). The molecular formula is C27H22O2. The number of hydrogen-bond acceptors (Lipinski definition) is 2. The van der Waals surface area contributed by atoms with Crippen LogP contribution in [-0.4, -0.2) is 5.97 Å². The Morgan fingerprint density at radius 3 is 1.31 bits per heavy atom. The van der Waals surface area contributed by atoms with E-state index in [-0.39, 0.29) is 5.97 Å². The summed E-state index contributed by atoms with van der Waals surface area (Å²) < 4.78 is 5.44. The van der Waals surface area contributed by atoms with Gasteiger partial charge in [0.05, 0.1) is 5.56 Å². The van der Waals surface area contributed by atoms with E-state index in [0.717, 1.165) is 16.7 Å². The second kappa shape index (κ2) is 8.15. The Labute approximate surface area is 171 Å². The third-order valence-electron chi connectivity index (χ3n) is 4.96. The van der Waals surface area contributed by atoms with Gasteiger partial charge in [-0.1, -0.05) is 83.9 Å². The normalized spacial score (nSPS) is 10.6. The van der Waals surface area contributed by atoms with Crippen LogP contribution in [0.3, 0.4) is 0 Å². The van der Waals surface area contributed by atoms with E-state index in [9.17, 15) is 4.79 Å². The van der Waals surface area contributed by atoms with E-state index in [1.54, 1.807) is 24.3 Å². The van der Waals surface area contributed by atoms with Crippen LogP contribution in [0.2, 0.25) is 0 Å². The van der Waals surface area contributed by atoms with Gasteiger partial charge in [-0.15, -0.1) is 0 Å². The van der Waals surface area contributed by atoms with Crippen LogP contribution in [0, 0.1) is 13.8 Å². The summed E-state index contributed by atoms with van der Waals surface area (Å²) >= 11 is 0. The van der Waals surface area contributed by atoms with Crippen LogP contribution in [0.1, 0.15) is 21.5 Å². The molecule has 142 valence electrons. The number of carbonyl (C=O) groups is 1. The Morgan fingerprint density at radius 2 is 0.862 bits per heavy atom. The number of carbonyl (C=O) groups excluding carboxylic acids is 1. The zero-order chi connectivity index (χ0) is 20.2. The van der Waals surface area contributed by atoms with Gasteiger partial charge >= 0.3 is 5.97 Å². The van der Waals surface area contributed by atoms with Crippen molar-refractivity contribution in [2.24, 2.45) is 0 Å². The average Bonchev–Trinajstić information content (AvgIpc) is 2.76. The molecule has 0 amide bonds. The van der Waals surface area contributed by atoms with Crippen molar-refractivity contribution in [3.8, 4) is 28.0 Å². The monoisotopic (exact) mass is 378 g/mol. The van der Waals surface area contributed by atoms with Gasteiger partial charge in [0.15, 0.2) is 0 Å². The summed E-state index contributed by atoms with van der Waals surface area (Å²) in [6.07, 6.45) is 0. The summed E-state index contributed by atoms with van der Waals surface area (Å²) in [7, 11) is 0. The van der Waals surface area contributed by atoms with Crippen molar-refractivity contribution < 1.29 is 9.53 Å². The molecule has 0 aliphatic heterocycles. The molecule has 0 fully saturated rings. The smallest absolute Gasteiger partial charge is 0.343 e. The number of aryl methyl sites for hydroxylation is 2. The van der Waals surface area contributed by atoms with E-state index >= 15 is 0 Å². The van der Waals surface area contributed by atoms with Gasteiger partial charge in [0.25, 0.3) is 0 Å². The van der Waals surface area contributed by atoms with Gasteiger partial charge in [-0.3, -0.25) is 0 Å². The number of rotatable bonds is 4. The van der Waals surface area contributed by atoms with Gasteiger partial charge in [-0.25, -0.2) is 4.79 Å². The Bertz CT molecular complexity index is 1110. The predicted octanol–water partition coefficient (Wildman–Crippen LogP) is 6.86. The lowest BCUT2D eigenvalue weighted by Crippen LogP contribution is -2.08. The first kappa shape index (κ1) is 18.7. The van der Waals surface area contributed by atoms with Crippen molar-refractivity contribution in [1.29, 1.82) is 0 Å². The number of hydrogen-bond donors (Lipinski definition) is 0. The minimum absolute atomic E-state index is 0.352. The lowest BCUT2D eigenvalue weighted by atomic mass is 9.99. The van der Waals surface area contributed by atoms with Crippen molar-refractivity contribution in [3.05, 3.63) is 114 Å². The van der Waals surface area contributed by atoms with E-state index in [0.29, 0.717) is 11.3 Å². The Kier molecular flexibility index (Phi) is 5.26. The summed E-state index contributed by atoms with van der Waals surface area (Å²) in [6.45, 7) is 4.09. The van der Waals surface area contributed by atoms with Crippen LogP contribution in [0.4, 0.5) is 0 Å². The van der Waals surface area contributed by atoms with Crippen LogP contribution in [0.15, 0.2) is 97.1 Å². The van der Waals surface area contributed by atoms with Crippen molar-refractivity contribution in [2.75, 3.05) is 0 Å². The summed E-state index contributed by atoms with van der Waals surface area (Å²) in [6, 6.07) is 31.9. The molecule has 0 spiro atoms. The van der Waals surface area contributed by atoms with Crippen molar-refractivity contribution in [3.63, 3.8) is 0 Å². The van der Waals surface area contributed by atoms with Gasteiger partial charge in [0.1, 0.15) is 5.75 Å². The fourth-order valence-corrected chi connectivity index (χ4v) is 3.17. The molecule has 2 heteroatoms. The molecule has 0 N–H and O–H groups in total. The Balaban J connectivity index is 1.47. The predicted molar refractivity (Wildman–Crippen MR) is 118 cm³/mol. The second-order valence-corrected chi connectivity index (χ2v) is 7.22. The summed E-state index contributed by atoms with van der Waals surface area (Å²) in [5.41, 5.74) is 7.48. The van der Waals surface area contributed by atoms with Gasteiger partial charge < -0.3 is 4.74 Å². The molecule has 0 saturated heterocycles. The van der Waals surface area contributed by atoms with Crippen molar-refractivity contribution in [1.82, 2.24) is 0 Å². The standard InChI is InChI=1S/C27H22O2/c1-19-3-7-21(8-4-19)22-9-11-23(12-10-22)24-13-15-25(16-14-24)27(28)29-26-17-5-20(2)6-18-26/h3-18H,1-2H3. The lowest BCUT2D eigenvalue weighted by Gasteiger charge is -2.07. The van der Waals surface area contributed by atoms with E-state index in [2.05, 4.69) is 55.5 Å². The zero-order valence-electron chi connectivity index (χ0n) is 16.6. The minimum Gasteiger partial charge on any atom is -0.423 e. The van der Waals surface area contributed by atoms with Crippen LogP contribution in [0.5, 0.6) is 5.75 Å². The largest absolute Gasteiger partial charge is 0.423 e. The second-order valence-electron chi connectivity index (χ2n) is 7.22. The third kappa shape index (κ3) is 4.44. The maximum Gasteiger partial charge on any atom is 0.343 e. The molecule has 0 aliphatic carbocycles. The Morgan fingerprint density at radius 1 is 0.517 bits per heavy atom. The molecule has 0 bridgehead atoms. The summed E-state index contributed by atoms with van der Waals surface area (Å²) in [5.74, 6) is 0.200. The molecule has 0 aliphatic rings. The summed E-state index contributed by atoms with van der Waals surface area (Å²) in [4.78, 5) is 12.4. The molecule has 0 unspecified atom stereocenters.